The summed E-state index contributed by atoms with van der Waals surface area (Å²) in [4.78, 5) is 110. The van der Waals surface area contributed by atoms with E-state index in [1.807, 2.05) is 111 Å². The van der Waals surface area contributed by atoms with Gasteiger partial charge in [0.2, 0.25) is 29.7 Å². The Morgan fingerprint density at radius 2 is 0.967 bits per heavy atom. The van der Waals surface area contributed by atoms with E-state index in [0.717, 1.165) is 84.0 Å². The molecule has 8 amide bonds. The number of hydrogen-bond acceptors (Lipinski definition) is 20. The zero-order valence-electron chi connectivity index (χ0n) is 51.7. The fourth-order valence-corrected chi connectivity index (χ4v) is 9.43. The van der Waals surface area contributed by atoms with Crippen LogP contribution in [0.3, 0.4) is 0 Å². The van der Waals surface area contributed by atoms with Crippen LogP contribution in [0, 0.1) is 12.7 Å². The Labute approximate surface area is 524 Å². The molecule has 472 valence electrons. The van der Waals surface area contributed by atoms with Crippen molar-refractivity contribution >= 4 is 127 Å². The molecule has 2 aromatic carbocycles. The minimum Gasteiger partial charge on any atom is -0.368 e. The molecule has 9 aromatic rings. The van der Waals surface area contributed by atoms with Crippen LogP contribution < -0.4 is 57.7 Å². The van der Waals surface area contributed by atoms with Gasteiger partial charge in [0.15, 0.2) is 28.6 Å². The summed E-state index contributed by atoms with van der Waals surface area (Å²) in [5, 5.41) is 27.3. The standard InChI is InChI=1S/C23H28N8O2.C22H25FN8O2.C17H19N7O/c1-4-24-23(33)28-20-13-15(2)19-14-25-22(29-21(19)27-20)26-17-5-7-18(8-6-17)31-11-9-30(10-12-31)16(3)32;1-3-24-22(33)29-20-18(23)12-15-13-25-21(28-19(15)27-20)26-16-4-6-17(7-5-16)31-10-8-30(9-11-31)14(2)32;1-17(2,3)24-16(25)22-13-5-4-11-10-19-15(23-14(11)21-13)20-12-6-8-18-9-7-12/h5-8,13-14H,4,9-12H2,1-3H3,(H3,24,25,26,27,28,29,33);4-7,12-13H,3,8-11H2,1-2H3,(H3,24,25,26,27,28,29,33);4-10H,1-3H3,(H3,18,19,20,21,22,23,24,25). The summed E-state index contributed by atoms with van der Waals surface area (Å²) in [6.45, 7) is 21.5. The number of carbonyl (C=O) groups is 5. The first-order valence-corrected chi connectivity index (χ1v) is 29.5. The van der Waals surface area contributed by atoms with Crippen LogP contribution >= 0.6 is 0 Å². The van der Waals surface area contributed by atoms with Crippen molar-refractivity contribution in [3.8, 4) is 0 Å². The van der Waals surface area contributed by atoms with Crippen molar-refractivity contribution in [2.24, 2.45) is 0 Å². The average molecular weight is 1240 g/mol. The molecular weight excluding hydrogens is 1170 g/mol. The summed E-state index contributed by atoms with van der Waals surface area (Å²) < 4.78 is 14.2. The number of nitrogens with zero attached hydrogens (tertiary/aromatic N) is 14. The number of fused-ring (bicyclic) bond motifs is 3. The topological polar surface area (TPSA) is 335 Å². The van der Waals surface area contributed by atoms with E-state index in [0.29, 0.717) is 72.3 Å². The molecule has 0 atom stereocenters. The highest BCUT2D eigenvalue weighted by Crippen LogP contribution is 2.26. The summed E-state index contributed by atoms with van der Waals surface area (Å²) in [5.41, 5.74) is 6.48. The summed E-state index contributed by atoms with van der Waals surface area (Å²) in [7, 11) is 0. The lowest BCUT2D eigenvalue weighted by atomic mass is 10.1. The number of rotatable bonds is 13. The Bertz CT molecular complexity index is 4030. The smallest absolute Gasteiger partial charge is 0.320 e. The molecule has 0 bridgehead atoms. The van der Waals surface area contributed by atoms with Crippen molar-refractivity contribution in [1.82, 2.24) is 75.6 Å². The van der Waals surface area contributed by atoms with Crippen molar-refractivity contribution < 1.29 is 28.4 Å². The second-order valence-corrected chi connectivity index (χ2v) is 22.0. The third-order valence-electron chi connectivity index (χ3n) is 14.0. The van der Waals surface area contributed by atoms with Crippen LogP contribution in [0.4, 0.5) is 82.5 Å². The molecule has 2 saturated heterocycles. The van der Waals surface area contributed by atoms with Gasteiger partial charge in [0.1, 0.15) is 11.6 Å². The number of halogens is 1. The lowest BCUT2D eigenvalue weighted by Crippen LogP contribution is -2.48. The highest BCUT2D eigenvalue weighted by atomic mass is 19.1. The summed E-state index contributed by atoms with van der Waals surface area (Å²) in [6, 6.07) is 24.9. The third kappa shape index (κ3) is 18.2. The maximum absolute atomic E-state index is 14.2. The fourth-order valence-electron chi connectivity index (χ4n) is 9.43. The first-order valence-electron chi connectivity index (χ1n) is 29.5. The van der Waals surface area contributed by atoms with Crippen LogP contribution in [-0.4, -0.2) is 161 Å². The van der Waals surface area contributed by atoms with Gasteiger partial charge >= 0.3 is 18.1 Å². The number of nitrogens with one attached hydrogen (secondary N) is 9. The molecule has 0 unspecified atom stereocenters. The molecule has 2 aliphatic heterocycles. The number of pyridine rings is 4. The first kappa shape index (κ1) is 64.2. The number of benzene rings is 2. The zero-order valence-corrected chi connectivity index (χ0v) is 51.7. The van der Waals surface area contributed by atoms with E-state index >= 15 is 0 Å². The molecule has 29 heteroatoms. The highest BCUT2D eigenvalue weighted by Gasteiger charge is 2.21. The number of aryl methyl sites for hydroxylation is 1. The summed E-state index contributed by atoms with van der Waals surface area (Å²) >= 11 is 0. The molecular formula is C62H72FN23O5. The molecule has 28 nitrogen and oxygen atoms in total. The Kier molecular flexibility index (Phi) is 20.9. The van der Waals surface area contributed by atoms with Crippen molar-refractivity contribution in [2.75, 3.05) is 107 Å². The molecule has 9 heterocycles. The van der Waals surface area contributed by atoms with Crippen molar-refractivity contribution in [2.45, 2.75) is 60.9 Å². The van der Waals surface area contributed by atoms with E-state index in [2.05, 4.69) is 107 Å². The molecule has 11 rings (SSSR count). The molecule has 2 fully saturated rings. The van der Waals surface area contributed by atoms with Crippen molar-refractivity contribution in [3.05, 3.63) is 127 Å². The molecule has 2 aliphatic rings. The predicted molar refractivity (Wildman–Crippen MR) is 350 cm³/mol. The highest BCUT2D eigenvalue weighted by molar-refractivity contribution is 5.92. The van der Waals surface area contributed by atoms with Gasteiger partial charge in [-0.2, -0.15) is 15.0 Å². The number of aromatic nitrogens is 10. The van der Waals surface area contributed by atoms with E-state index in [1.54, 1.807) is 57.7 Å². The van der Waals surface area contributed by atoms with Crippen LogP contribution in [0.2, 0.25) is 0 Å². The fraction of sp³-hybridized carbons (Fsp3) is 0.306. The van der Waals surface area contributed by atoms with E-state index in [4.69, 9.17) is 0 Å². The molecule has 9 N–H and O–H groups in total. The Balaban J connectivity index is 0.000000163. The maximum Gasteiger partial charge on any atom is 0.320 e. The van der Waals surface area contributed by atoms with Gasteiger partial charge in [-0.05, 0) is 132 Å². The van der Waals surface area contributed by atoms with Crippen LogP contribution in [0.5, 0.6) is 0 Å². The monoisotopic (exact) mass is 1240 g/mol. The summed E-state index contributed by atoms with van der Waals surface area (Å²) in [6.07, 6.45) is 8.23. The Hall–Kier alpha value is -11.3. The van der Waals surface area contributed by atoms with Crippen molar-refractivity contribution in [3.63, 3.8) is 0 Å². The van der Waals surface area contributed by atoms with Gasteiger partial charge in [-0.1, -0.05) is 0 Å². The molecule has 0 saturated carbocycles. The van der Waals surface area contributed by atoms with Gasteiger partial charge in [0, 0.05) is 160 Å². The molecule has 0 aliphatic carbocycles. The lowest BCUT2D eigenvalue weighted by molar-refractivity contribution is -0.129. The summed E-state index contributed by atoms with van der Waals surface area (Å²) in [5.74, 6) is 1.36. The average Bonchev–Trinajstić information content (AvgIpc) is 1.99. The number of urea groups is 3. The number of hydrogen-bond donors (Lipinski definition) is 9. The minimum absolute atomic E-state index is 0.105. The third-order valence-corrected chi connectivity index (χ3v) is 14.0. The van der Waals surface area contributed by atoms with E-state index in [9.17, 15) is 28.4 Å². The van der Waals surface area contributed by atoms with Gasteiger partial charge in [-0.25, -0.2) is 48.7 Å². The second-order valence-electron chi connectivity index (χ2n) is 22.0. The zero-order chi connectivity index (χ0) is 64.6. The van der Waals surface area contributed by atoms with E-state index < -0.39 is 11.8 Å². The van der Waals surface area contributed by atoms with Gasteiger partial charge in [-0.15, -0.1) is 0 Å². The van der Waals surface area contributed by atoms with Crippen molar-refractivity contribution in [1.29, 1.82) is 0 Å². The predicted octanol–water partition coefficient (Wildman–Crippen LogP) is 8.69. The Morgan fingerprint density at radius 3 is 1.48 bits per heavy atom. The van der Waals surface area contributed by atoms with Crippen LogP contribution in [-0.2, 0) is 9.59 Å². The van der Waals surface area contributed by atoms with Gasteiger partial charge in [0.25, 0.3) is 0 Å². The number of anilines is 11. The minimum atomic E-state index is -0.669. The largest absolute Gasteiger partial charge is 0.368 e. The van der Waals surface area contributed by atoms with Crippen LogP contribution in [0.1, 0.15) is 54.0 Å². The first-order chi connectivity index (χ1) is 43.7. The normalized spacial score (nSPS) is 13.0. The van der Waals surface area contributed by atoms with Crippen LogP contribution in [0.25, 0.3) is 33.1 Å². The number of carbonyl (C=O) groups excluding carboxylic acids is 5. The van der Waals surface area contributed by atoms with Gasteiger partial charge in [-0.3, -0.25) is 30.5 Å². The number of piperazine rings is 2. The second kappa shape index (κ2) is 29.6. The quantitative estimate of drug-likeness (QED) is 0.0521. The van der Waals surface area contributed by atoms with Crippen LogP contribution in [0.15, 0.2) is 116 Å². The van der Waals surface area contributed by atoms with E-state index in [-0.39, 0.29) is 40.9 Å². The molecule has 91 heavy (non-hydrogen) atoms. The maximum atomic E-state index is 14.2. The van der Waals surface area contributed by atoms with E-state index in [1.165, 1.54) is 12.3 Å². The molecule has 7 aromatic heterocycles. The van der Waals surface area contributed by atoms with Gasteiger partial charge < -0.3 is 51.5 Å². The lowest BCUT2D eigenvalue weighted by Gasteiger charge is -2.35. The SMILES string of the molecule is CC(C)(C)NC(=O)Nc1ccc2cnc(Nc3ccncc3)nc2n1.CCNC(=O)Nc1cc(C)c2cnc(Nc3ccc(N4CCN(C(C)=O)CC4)cc3)nc2n1.CCNC(=O)Nc1nc2nc(Nc3ccc(N4CCN(C(C)=O)CC4)cc3)ncc2cc1F. The number of amides is 8. The molecule has 0 radical (unpaired) electrons. The van der Waals surface area contributed by atoms with Gasteiger partial charge in [0.05, 0.1) is 0 Å². The Morgan fingerprint density at radius 1 is 0.505 bits per heavy atom. The molecule has 0 spiro atoms.